The highest BCUT2D eigenvalue weighted by atomic mass is 32.2. The fraction of sp³-hybridized carbons (Fsp3) is 0.263. The van der Waals surface area contributed by atoms with Gasteiger partial charge in [0, 0.05) is 12.6 Å². The van der Waals surface area contributed by atoms with Crippen LogP contribution in [0.2, 0.25) is 0 Å². The molecule has 170 valence electrons. The molecule has 0 aliphatic carbocycles. The van der Waals surface area contributed by atoms with Gasteiger partial charge in [-0.25, -0.2) is 13.1 Å². The van der Waals surface area contributed by atoms with Gasteiger partial charge in [-0.1, -0.05) is 18.2 Å². The smallest absolute Gasteiger partial charge is 0.434 e. The molecule has 0 bridgehead atoms. The number of ether oxygens (including phenoxy) is 1. The number of carbonyl (C=O) groups is 1. The number of rotatable bonds is 8. The largest absolute Gasteiger partial charge is 0.480 e. The van der Waals surface area contributed by atoms with Crippen molar-refractivity contribution in [3.05, 3.63) is 59.9 Å². The monoisotopic (exact) mass is 469 g/mol. The molecule has 0 radical (unpaired) electrons. The van der Waals surface area contributed by atoms with Crippen molar-refractivity contribution in [1.82, 2.24) is 25.3 Å². The van der Waals surface area contributed by atoms with Crippen LogP contribution in [-0.4, -0.2) is 53.7 Å². The normalized spacial score (nSPS) is 11.9. The van der Waals surface area contributed by atoms with Crippen molar-refractivity contribution in [2.45, 2.75) is 17.5 Å². The Kier molecular flexibility index (Phi) is 6.77. The van der Waals surface area contributed by atoms with Crippen LogP contribution in [0.3, 0.4) is 0 Å². The van der Waals surface area contributed by atoms with Crippen LogP contribution in [0.4, 0.5) is 13.2 Å². The maximum absolute atomic E-state index is 13.7. The molecular formula is C19H18F3N5O4S. The molecule has 1 N–H and O–H groups in total. The fourth-order valence-corrected chi connectivity index (χ4v) is 4.13. The van der Waals surface area contributed by atoms with Crippen LogP contribution in [-0.2, 0) is 16.0 Å². The number of hydrogen-bond donors (Lipinski definition) is 1. The van der Waals surface area contributed by atoms with E-state index >= 15 is 0 Å². The Morgan fingerprint density at radius 1 is 1.12 bits per heavy atom. The van der Waals surface area contributed by atoms with Gasteiger partial charge in [0.05, 0.1) is 29.5 Å². The van der Waals surface area contributed by atoms with Crippen LogP contribution in [0.5, 0.6) is 5.88 Å². The zero-order chi connectivity index (χ0) is 23.4. The molecule has 0 aliphatic heterocycles. The predicted molar refractivity (Wildman–Crippen MR) is 106 cm³/mol. The van der Waals surface area contributed by atoms with Crippen LogP contribution in [0.1, 0.15) is 22.5 Å². The maximum Gasteiger partial charge on any atom is 0.434 e. The average Bonchev–Trinajstić information content (AvgIpc) is 3.23. The Bertz CT molecular complexity index is 1180. The second kappa shape index (κ2) is 9.34. The summed E-state index contributed by atoms with van der Waals surface area (Å²) in [6, 6.07) is 10.2. The zero-order valence-corrected chi connectivity index (χ0v) is 17.5. The molecule has 0 saturated heterocycles. The maximum atomic E-state index is 13.7. The average molecular weight is 469 g/mol. The van der Waals surface area contributed by atoms with Crippen LogP contribution >= 0.6 is 0 Å². The van der Waals surface area contributed by atoms with Crippen LogP contribution < -0.4 is 10.1 Å². The minimum atomic E-state index is -4.92. The first kappa shape index (κ1) is 23.2. The van der Waals surface area contributed by atoms with E-state index in [9.17, 15) is 26.4 Å². The van der Waals surface area contributed by atoms with Crippen molar-refractivity contribution >= 4 is 15.7 Å². The number of amides is 1. The standard InChI is InChI=1S/C19H18F3N5O4S/c1-31-16-9-8-15(25-26-16)27-17(19(20,21)22)14(12-24-27)18(28)23-10-5-11-32(29,30)13-6-3-2-4-7-13/h2-4,6-9,12H,5,10-11H2,1H3,(H,23,28). The second-order valence-electron chi connectivity index (χ2n) is 6.49. The Balaban J connectivity index is 1.72. The molecule has 1 amide bonds. The summed E-state index contributed by atoms with van der Waals surface area (Å²) < 4.78 is 70.8. The summed E-state index contributed by atoms with van der Waals surface area (Å²) >= 11 is 0. The van der Waals surface area contributed by atoms with Crippen molar-refractivity contribution in [3.63, 3.8) is 0 Å². The van der Waals surface area contributed by atoms with Gasteiger partial charge in [-0.05, 0) is 24.6 Å². The molecule has 0 aliphatic rings. The van der Waals surface area contributed by atoms with Gasteiger partial charge in [-0.2, -0.15) is 18.3 Å². The quantitative estimate of drug-likeness (QED) is 0.503. The minimum absolute atomic E-state index is 0.0163. The first-order valence-corrected chi connectivity index (χ1v) is 10.9. The number of halogens is 3. The molecule has 0 fully saturated rings. The van der Waals surface area contributed by atoms with Crippen LogP contribution in [0.15, 0.2) is 53.6 Å². The fourth-order valence-electron chi connectivity index (χ4n) is 2.80. The van der Waals surface area contributed by atoms with Gasteiger partial charge in [0.15, 0.2) is 21.3 Å². The molecule has 13 heteroatoms. The molecule has 0 atom stereocenters. The molecule has 1 aromatic carbocycles. The zero-order valence-electron chi connectivity index (χ0n) is 16.7. The number of nitrogens with zero attached hydrogens (tertiary/aromatic N) is 4. The van der Waals surface area contributed by atoms with Gasteiger partial charge in [-0.15, -0.1) is 10.2 Å². The van der Waals surface area contributed by atoms with Crippen molar-refractivity contribution in [1.29, 1.82) is 0 Å². The van der Waals surface area contributed by atoms with Crippen molar-refractivity contribution in [2.75, 3.05) is 19.4 Å². The molecule has 3 aromatic rings. The van der Waals surface area contributed by atoms with Gasteiger partial charge >= 0.3 is 6.18 Å². The van der Waals surface area contributed by atoms with E-state index in [0.29, 0.717) is 4.68 Å². The summed E-state index contributed by atoms with van der Waals surface area (Å²) in [5.74, 6) is -1.48. The summed E-state index contributed by atoms with van der Waals surface area (Å²) in [6.45, 7) is -0.143. The van der Waals surface area contributed by atoms with E-state index in [1.54, 1.807) is 18.2 Å². The molecule has 2 aromatic heterocycles. The number of methoxy groups -OCH3 is 1. The topological polar surface area (TPSA) is 116 Å². The lowest BCUT2D eigenvalue weighted by Crippen LogP contribution is -2.28. The third kappa shape index (κ3) is 5.22. The Morgan fingerprint density at radius 2 is 1.84 bits per heavy atom. The summed E-state index contributed by atoms with van der Waals surface area (Å²) in [4.78, 5) is 12.5. The lowest BCUT2D eigenvalue weighted by atomic mass is 10.2. The number of nitrogens with one attached hydrogen (secondary N) is 1. The Labute approximate surface area is 181 Å². The van der Waals surface area contributed by atoms with E-state index in [1.165, 1.54) is 31.4 Å². The number of benzene rings is 1. The predicted octanol–water partition coefficient (Wildman–Crippen LogP) is 2.28. The van der Waals surface area contributed by atoms with Crippen LogP contribution in [0, 0.1) is 0 Å². The second-order valence-corrected chi connectivity index (χ2v) is 8.60. The third-order valence-corrected chi connectivity index (χ3v) is 6.13. The van der Waals surface area contributed by atoms with E-state index < -0.39 is 33.2 Å². The van der Waals surface area contributed by atoms with E-state index in [4.69, 9.17) is 4.74 Å². The molecule has 2 heterocycles. The Hall–Kier alpha value is -3.48. The molecule has 0 spiro atoms. The van der Waals surface area contributed by atoms with E-state index in [0.717, 1.165) is 6.20 Å². The molecular weight excluding hydrogens is 451 g/mol. The van der Waals surface area contributed by atoms with E-state index in [-0.39, 0.29) is 35.3 Å². The molecule has 0 unspecified atom stereocenters. The Morgan fingerprint density at radius 3 is 2.44 bits per heavy atom. The molecule has 32 heavy (non-hydrogen) atoms. The molecule has 9 nitrogen and oxygen atoms in total. The molecule has 3 rings (SSSR count). The lowest BCUT2D eigenvalue weighted by Gasteiger charge is -2.12. The number of hydrogen-bond acceptors (Lipinski definition) is 7. The highest BCUT2D eigenvalue weighted by Gasteiger charge is 2.41. The van der Waals surface area contributed by atoms with E-state index in [2.05, 4.69) is 20.6 Å². The molecule has 0 saturated carbocycles. The summed E-state index contributed by atoms with van der Waals surface area (Å²) in [5, 5.41) is 13.2. The van der Waals surface area contributed by atoms with Crippen molar-refractivity contribution < 1.29 is 31.1 Å². The lowest BCUT2D eigenvalue weighted by molar-refractivity contribution is -0.143. The third-order valence-electron chi connectivity index (χ3n) is 4.31. The van der Waals surface area contributed by atoms with Crippen molar-refractivity contribution in [3.8, 4) is 11.7 Å². The summed E-state index contributed by atoms with van der Waals surface area (Å²) in [5.41, 5.74) is -2.05. The summed E-state index contributed by atoms with van der Waals surface area (Å²) in [6.07, 6.45) is -4.13. The van der Waals surface area contributed by atoms with Gasteiger partial charge < -0.3 is 10.1 Å². The first-order valence-electron chi connectivity index (χ1n) is 9.23. The number of carbonyl (C=O) groups excluding carboxylic acids is 1. The highest BCUT2D eigenvalue weighted by molar-refractivity contribution is 7.91. The number of sulfone groups is 1. The van der Waals surface area contributed by atoms with Gasteiger partial charge in [0.1, 0.15) is 0 Å². The first-order chi connectivity index (χ1) is 15.1. The highest BCUT2D eigenvalue weighted by Crippen LogP contribution is 2.33. The SMILES string of the molecule is COc1ccc(-n2ncc(C(=O)NCCCS(=O)(=O)c3ccccc3)c2C(F)(F)F)nn1. The van der Waals surface area contributed by atoms with E-state index in [1.807, 2.05) is 0 Å². The number of aromatic nitrogens is 4. The van der Waals surface area contributed by atoms with Gasteiger partial charge in [0.25, 0.3) is 5.91 Å². The van der Waals surface area contributed by atoms with Crippen LogP contribution in [0.25, 0.3) is 5.82 Å². The summed E-state index contributed by atoms with van der Waals surface area (Å²) in [7, 11) is -2.24. The van der Waals surface area contributed by atoms with Gasteiger partial charge in [-0.3, -0.25) is 4.79 Å². The van der Waals surface area contributed by atoms with Crippen molar-refractivity contribution in [2.24, 2.45) is 0 Å². The van der Waals surface area contributed by atoms with Gasteiger partial charge in [0.2, 0.25) is 5.88 Å². The number of alkyl halides is 3. The minimum Gasteiger partial charge on any atom is -0.480 e.